The van der Waals surface area contributed by atoms with Crippen LogP contribution >= 0.6 is 11.8 Å². The molecule has 3 aromatic rings. The first-order valence-corrected chi connectivity index (χ1v) is 9.14. The summed E-state index contributed by atoms with van der Waals surface area (Å²) in [7, 11) is 1.91. The minimum atomic E-state index is -4.52. The van der Waals surface area contributed by atoms with Gasteiger partial charge in [-0.2, -0.15) is 13.2 Å². The van der Waals surface area contributed by atoms with E-state index in [1.54, 1.807) is 6.08 Å². The van der Waals surface area contributed by atoms with E-state index in [1.165, 1.54) is 18.2 Å². The molecule has 1 aromatic heterocycles. The lowest BCUT2D eigenvalue weighted by Crippen LogP contribution is -2.19. The van der Waals surface area contributed by atoms with Crippen LogP contribution in [-0.4, -0.2) is 15.6 Å². The second kappa shape index (κ2) is 6.87. The zero-order valence-corrected chi connectivity index (χ0v) is 15.4. The molecule has 0 radical (unpaired) electrons. The molecule has 0 atom stereocenters. The van der Waals surface area contributed by atoms with Gasteiger partial charge in [-0.1, -0.05) is 30.3 Å². The predicted molar refractivity (Wildman–Crippen MR) is 105 cm³/mol. The SMILES string of the molecule is Cn1cc(C=C2SC(=Nc3ccccc3C(F)(F)F)NC2=O)c2ccccc21. The molecule has 4 rings (SSSR count). The van der Waals surface area contributed by atoms with Gasteiger partial charge in [-0.25, -0.2) is 4.99 Å². The highest BCUT2D eigenvalue weighted by Crippen LogP contribution is 2.37. The third-order valence-corrected chi connectivity index (χ3v) is 5.21. The number of hydrogen-bond acceptors (Lipinski definition) is 3. The first-order valence-electron chi connectivity index (χ1n) is 8.33. The largest absolute Gasteiger partial charge is 0.418 e. The van der Waals surface area contributed by atoms with Crippen LogP contribution in [0.2, 0.25) is 0 Å². The summed E-state index contributed by atoms with van der Waals surface area (Å²) in [6, 6.07) is 12.8. The van der Waals surface area contributed by atoms with Crippen LogP contribution in [0, 0.1) is 0 Å². The first-order chi connectivity index (χ1) is 13.3. The second-order valence-electron chi connectivity index (χ2n) is 6.21. The summed E-state index contributed by atoms with van der Waals surface area (Å²) in [6.45, 7) is 0. The maximum absolute atomic E-state index is 13.1. The van der Waals surface area contributed by atoms with Crippen LogP contribution in [0.4, 0.5) is 18.9 Å². The molecule has 0 spiro atoms. The molecule has 2 aromatic carbocycles. The monoisotopic (exact) mass is 401 g/mol. The fraction of sp³-hybridized carbons (Fsp3) is 0.100. The van der Waals surface area contributed by atoms with E-state index in [0.29, 0.717) is 4.91 Å². The van der Waals surface area contributed by atoms with Crippen molar-refractivity contribution in [1.82, 2.24) is 9.88 Å². The lowest BCUT2D eigenvalue weighted by molar-refractivity contribution is -0.137. The van der Waals surface area contributed by atoms with Crippen molar-refractivity contribution in [3.05, 3.63) is 70.8 Å². The maximum Gasteiger partial charge on any atom is 0.418 e. The summed E-state index contributed by atoms with van der Waals surface area (Å²) in [4.78, 5) is 16.7. The van der Waals surface area contributed by atoms with Crippen molar-refractivity contribution in [3.8, 4) is 0 Å². The lowest BCUT2D eigenvalue weighted by Gasteiger charge is -2.09. The minimum absolute atomic E-state index is 0.119. The highest BCUT2D eigenvalue weighted by molar-refractivity contribution is 8.18. The van der Waals surface area contributed by atoms with Gasteiger partial charge in [-0.15, -0.1) is 0 Å². The number of benzene rings is 2. The van der Waals surface area contributed by atoms with Crippen LogP contribution in [0.3, 0.4) is 0 Å². The third-order valence-electron chi connectivity index (χ3n) is 4.30. The fourth-order valence-electron chi connectivity index (χ4n) is 3.03. The molecule has 1 aliphatic heterocycles. The Hall–Kier alpha value is -3.00. The number of rotatable bonds is 2. The summed E-state index contributed by atoms with van der Waals surface area (Å²) >= 11 is 1.02. The lowest BCUT2D eigenvalue weighted by atomic mass is 10.1. The van der Waals surface area contributed by atoms with E-state index in [1.807, 2.05) is 42.1 Å². The van der Waals surface area contributed by atoms with E-state index >= 15 is 0 Å². The molecule has 0 unspecified atom stereocenters. The molecule has 0 aliphatic carbocycles. The van der Waals surface area contributed by atoms with Gasteiger partial charge in [-0.05, 0) is 36.0 Å². The van der Waals surface area contributed by atoms with E-state index in [-0.39, 0.29) is 16.8 Å². The number of fused-ring (bicyclic) bond motifs is 1. The molecular weight excluding hydrogens is 387 g/mol. The number of alkyl halides is 3. The molecule has 0 bridgehead atoms. The van der Waals surface area contributed by atoms with Gasteiger partial charge in [0.25, 0.3) is 5.91 Å². The molecule has 1 aliphatic rings. The normalized spacial score (nSPS) is 17.6. The Bertz CT molecular complexity index is 1150. The number of thioether (sulfide) groups is 1. The molecule has 1 fully saturated rings. The summed E-state index contributed by atoms with van der Waals surface area (Å²) in [5.41, 5.74) is 0.798. The molecule has 142 valence electrons. The molecule has 1 saturated heterocycles. The molecule has 2 heterocycles. The van der Waals surface area contributed by atoms with Gasteiger partial charge in [0.2, 0.25) is 0 Å². The summed E-state index contributed by atoms with van der Waals surface area (Å²) < 4.78 is 41.4. The Kier molecular flexibility index (Phi) is 4.50. The van der Waals surface area contributed by atoms with Crippen molar-refractivity contribution in [3.63, 3.8) is 0 Å². The zero-order chi connectivity index (χ0) is 19.9. The number of carbonyl (C=O) groups is 1. The number of para-hydroxylation sites is 2. The van der Waals surface area contributed by atoms with Crippen LogP contribution in [0.5, 0.6) is 0 Å². The van der Waals surface area contributed by atoms with E-state index in [2.05, 4.69) is 10.3 Å². The Morgan fingerprint density at radius 2 is 1.82 bits per heavy atom. The number of halogens is 3. The zero-order valence-electron chi connectivity index (χ0n) is 14.6. The average molecular weight is 401 g/mol. The van der Waals surface area contributed by atoms with Crippen molar-refractivity contribution < 1.29 is 18.0 Å². The first kappa shape index (κ1) is 18.4. The molecule has 1 N–H and O–H groups in total. The van der Waals surface area contributed by atoms with Crippen molar-refractivity contribution in [2.24, 2.45) is 12.0 Å². The third kappa shape index (κ3) is 3.43. The Balaban J connectivity index is 1.68. The molecular formula is C20H14F3N3OS. The number of aromatic nitrogens is 1. The molecule has 28 heavy (non-hydrogen) atoms. The van der Waals surface area contributed by atoms with E-state index in [4.69, 9.17) is 0 Å². The maximum atomic E-state index is 13.1. The van der Waals surface area contributed by atoms with Crippen LogP contribution in [0.1, 0.15) is 11.1 Å². The van der Waals surface area contributed by atoms with Gasteiger partial charge in [0.15, 0.2) is 5.17 Å². The number of amides is 1. The smallest absolute Gasteiger partial charge is 0.350 e. The van der Waals surface area contributed by atoms with Gasteiger partial charge in [0.1, 0.15) is 0 Å². The van der Waals surface area contributed by atoms with E-state index in [9.17, 15) is 18.0 Å². The molecule has 4 nitrogen and oxygen atoms in total. The van der Waals surface area contributed by atoms with Gasteiger partial charge in [0, 0.05) is 29.7 Å². The number of aryl methyl sites for hydroxylation is 1. The van der Waals surface area contributed by atoms with Gasteiger partial charge < -0.3 is 9.88 Å². The number of amidine groups is 1. The second-order valence-corrected chi connectivity index (χ2v) is 7.24. The fourth-order valence-corrected chi connectivity index (χ4v) is 3.86. The summed E-state index contributed by atoms with van der Waals surface area (Å²) in [5.74, 6) is -0.388. The van der Waals surface area contributed by atoms with Crippen molar-refractivity contribution in [2.75, 3.05) is 0 Å². The Morgan fingerprint density at radius 1 is 1.11 bits per heavy atom. The highest BCUT2D eigenvalue weighted by Gasteiger charge is 2.34. The van der Waals surface area contributed by atoms with Crippen LogP contribution in [0.15, 0.2) is 64.6 Å². The van der Waals surface area contributed by atoms with Crippen molar-refractivity contribution >= 4 is 45.5 Å². The molecule has 8 heteroatoms. The number of aliphatic imine (C=N–C) groups is 1. The van der Waals surface area contributed by atoms with Gasteiger partial charge in [0.05, 0.1) is 16.2 Å². The minimum Gasteiger partial charge on any atom is -0.350 e. The van der Waals surface area contributed by atoms with E-state index in [0.717, 1.165) is 34.3 Å². The highest BCUT2D eigenvalue weighted by atomic mass is 32.2. The van der Waals surface area contributed by atoms with Gasteiger partial charge in [-0.3, -0.25) is 4.79 Å². The van der Waals surface area contributed by atoms with Crippen LogP contribution in [0.25, 0.3) is 17.0 Å². The topological polar surface area (TPSA) is 46.4 Å². The van der Waals surface area contributed by atoms with Gasteiger partial charge >= 0.3 is 6.18 Å². The summed E-state index contributed by atoms with van der Waals surface area (Å²) in [6.07, 6.45) is -0.893. The molecule has 0 saturated carbocycles. The number of nitrogens with zero attached hydrogens (tertiary/aromatic N) is 2. The standard InChI is InChI=1S/C20H14F3N3OS/c1-26-11-12(13-6-2-5-9-16(13)26)10-17-18(27)25-19(28-17)24-15-8-4-3-7-14(15)20(21,22)23/h2-11H,1H3,(H,24,25,27). The predicted octanol–water partition coefficient (Wildman–Crippen LogP) is 5.09. The molecule has 1 amide bonds. The Labute approximate surface area is 162 Å². The van der Waals surface area contributed by atoms with Crippen LogP contribution in [-0.2, 0) is 18.0 Å². The quantitative estimate of drug-likeness (QED) is 0.608. The average Bonchev–Trinajstić information content (AvgIpc) is 3.15. The Morgan fingerprint density at radius 3 is 2.61 bits per heavy atom. The van der Waals surface area contributed by atoms with Crippen molar-refractivity contribution in [2.45, 2.75) is 6.18 Å². The number of nitrogens with one attached hydrogen (secondary N) is 1. The van der Waals surface area contributed by atoms with E-state index < -0.39 is 11.7 Å². The number of hydrogen-bond donors (Lipinski definition) is 1. The van der Waals surface area contributed by atoms with Crippen molar-refractivity contribution in [1.29, 1.82) is 0 Å². The summed E-state index contributed by atoms with van der Waals surface area (Å²) in [5, 5.41) is 3.64. The van der Waals surface area contributed by atoms with Crippen LogP contribution < -0.4 is 5.32 Å². The number of carbonyl (C=O) groups excluding carboxylic acids is 1.